The molecule has 146 valence electrons. The Morgan fingerprint density at radius 2 is 1.86 bits per heavy atom. The van der Waals surface area contributed by atoms with Gasteiger partial charge in [0, 0.05) is 25.3 Å². The predicted molar refractivity (Wildman–Crippen MR) is 107 cm³/mol. The highest BCUT2D eigenvalue weighted by Gasteiger charge is 2.15. The van der Waals surface area contributed by atoms with E-state index in [-0.39, 0.29) is 5.91 Å². The number of nitrogens with zero attached hydrogens (tertiary/aromatic N) is 2. The molecule has 1 heterocycles. The quantitative estimate of drug-likeness (QED) is 0.801. The molecule has 3 rings (SSSR count). The van der Waals surface area contributed by atoms with Crippen LogP contribution in [0.15, 0.2) is 48.5 Å². The van der Waals surface area contributed by atoms with E-state index in [0.717, 1.165) is 45.0 Å². The van der Waals surface area contributed by atoms with Gasteiger partial charge in [-0.2, -0.15) is 5.26 Å². The van der Waals surface area contributed by atoms with Crippen LogP contribution in [0.25, 0.3) is 0 Å². The van der Waals surface area contributed by atoms with Gasteiger partial charge in [0.25, 0.3) is 5.91 Å². The first kappa shape index (κ1) is 19.9. The van der Waals surface area contributed by atoms with Crippen molar-refractivity contribution < 1.29 is 14.3 Å². The Bertz CT molecular complexity index is 806. The minimum Gasteiger partial charge on any atom is -0.481 e. The van der Waals surface area contributed by atoms with Crippen LogP contribution >= 0.6 is 0 Å². The van der Waals surface area contributed by atoms with Gasteiger partial charge in [0.1, 0.15) is 5.75 Å². The Kier molecular flexibility index (Phi) is 7.01. The van der Waals surface area contributed by atoms with E-state index in [2.05, 4.69) is 16.3 Å². The molecule has 1 atom stereocenters. The second-order valence-corrected chi connectivity index (χ2v) is 6.79. The van der Waals surface area contributed by atoms with E-state index >= 15 is 0 Å². The number of hydrogen-bond donors (Lipinski definition) is 1. The number of hydrogen-bond acceptors (Lipinski definition) is 5. The first-order valence-corrected chi connectivity index (χ1v) is 9.51. The minimum atomic E-state index is -0.645. The van der Waals surface area contributed by atoms with Crippen molar-refractivity contribution in [1.82, 2.24) is 4.90 Å². The fourth-order valence-electron chi connectivity index (χ4n) is 2.98. The molecule has 0 radical (unpaired) electrons. The normalized spacial score (nSPS) is 15.4. The van der Waals surface area contributed by atoms with Gasteiger partial charge in [-0.15, -0.1) is 0 Å². The van der Waals surface area contributed by atoms with Gasteiger partial charge in [-0.25, -0.2) is 0 Å². The summed E-state index contributed by atoms with van der Waals surface area (Å²) >= 11 is 0. The molecule has 2 aromatic rings. The van der Waals surface area contributed by atoms with Crippen molar-refractivity contribution in [2.24, 2.45) is 0 Å². The molecule has 28 heavy (non-hydrogen) atoms. The highest BCUT2D eigenvalue weighted by atomic mass is 16.5. The molecule has 1 N–H and O–H groups in total. The molecule has 1 saturated heterocycles. The molecular weight excluding hydrogens is 354 g/mol. The number of rotatable bonds is 7. The summed E-state index contributed by atoms with van der Waals surface area (Å²) < 4.78 is 11.0. The number of nitriles is 1. The topological polar surface area (TPSA) is 74.6 Å². The van der Waals surface area contributed by atoms with Crippen LogP contribution in [-0.2, 0) is 16.0 Å². The van der Waals surface area contributed by atoms with Crippen molar-refractivity contribution in [1.29, 1.82) is 5.26 Å². The average molecular weight is 379 g/mol. The first-order valence-electron chi connectivity index (χ1n) is 9.51. The number of nitrogens with one attached hydrogen (secondary N) is 1. The third-order valence-corrected chi connectivity index (χ3v) is 4.71. The summed E-state index contributed by atoms with van der Waals surface area (Å²) in [6.07, 6.45) is 0.334. The second-order valence-electron chi connectivity index (χ2n) is 6.79. The molecule has 0 bridgehead atoms. The Balaban J connectivity index is 1.46. The van der Waals surface area contributed by atoms with Crippen LogP contribution in [0.1, 0.15) is 18.1 Å². The lowest BCUT2D eigenvalue weighted by Gasteiger charge is -2.26. The maximum absolute atomic E-state index is 12.4. The summed E-state index contributed by atoms with van der Waals surface area (Å²) in [5.74, 6) is 0.338. The van der Waals surface area contributed by atoms with Gasteiger partial charge in [-0.3, -0.25) is 9.69 Å². The Labute approximate surface area is 165 Å². The molecule has 1 aliphatic heterocycles. The van der Waals surface area contributed by atoms with Crippen molar-refractivity contribution in [3.8, 4) is 11.8 Å². The summed E-state index contributed by atoms with van der Waals surface area (Å²) in [5, 5.41) is 11.7. The smallest absolute Gasteiger partial charge is 0.265 e. The van der Waals surface area contributed by atoms with Crippen LogP contribution < -0.4 is 10.1 Å². The van der Waals surface area contributed by atoms with E-state index < -0.39 is 6.10 Å². The van der Waals surface area contributed by atoms with Gasteiger partial charge in [0.15, 0.2) is 6.10 Å². The second kappa shape index (κ2) is 9.88. The maximum Gasteiger partial charge on any atom is 0.265 e. The number of carbonyl (C=O) groups excluding carboxylic acids is 1. The summed E-state index contributed by atoms with van der Waals surface area (Å²) in [5.41, 5.74) is 2.54. The standard InChI is InChI=1S/C22H25N3O3/c1-17(28-21-8-4-19(16-23)5-9-21)22(26)24-20-6-2-18(3-7-20)10-11-25-12-14-27-15-13-25/h2-9,17H,10-15H2,1H3,(H,24,26). The Morgan fingerprint density at radius 1 is 1.18 bits per heavy atom. The largest absolute Gasteiger partial charge is 0.481 e. The van der Waals surface area contributed by atoms with Crippen molar-refractivity contribution in [2.75, 3.05) is 38.2 Å². The zero-order valence-electron chi connectivity index (χ0n) is 16.1. The Morgan fingerprint density at radius 3 is 2.50 bits per heavy atom. The van der Waals surface area contributed by atoms with Gasteiger partial charge in [0.05, 0.1) is 24.8 Å². The fourth-order valence-corrected chi connectivity index (χ4v) is 2.98. The zero-order chi connectivity index (χ0) is 19.8. The van der Waals surface area contributed by atoms with Crippen molar-refractivity contribution in [3.05, 3.63) is 59.7 Å². The van der Waals surface area contributed by atoms with Crippen LogP contribution in [0.3, 0.4) is 0 Å². The molecule has 1 fully saturated rings. The molecular formula is C22H25N3O3. The molecule has 6 nitrogen and oxygen atoms in total. The number of amides is 1. The summed E-state index contributed by atoms with van der Waals surface area (Å²) in [7, 11) is 0. The van der Waals surface area contributed by atoms with E-state index in [1.165, 1.54) is 5.56 Å². The SMILES string of the molecule is CC(Oc1ccc(C#N)cc1)C(=O)Nc1ccc(CCN2CCOCC2)cc1. The molecule has 2 aromatic carbocycles. The molecule has 1 aliphatic rings. The van der Waals surface area contributed by atoms with Gasteiger partial charge in [0.2, 0.25) is 0 Å². The molecule has 0 saturated carbocycles. The molecule has 6 heteroatoms. The lowest BCUT2D eigenvalue weighted by Crippen LogP contribution is -2.37. The summed E-state index contributed by atoms with van der Waals surface area (Å²) in [4.78, 5) is 14.8. The molecule has 0 aromatic heterocycles. The van der Waals surface area contributed by atoms with Gasteiger partial charge >= 0.3 is 0 Å². The van der Waals surface area contributed by atoms with Crippen molar-refractivity contribution >= 4 is 11.6 Å². The Hall–Kier alpha value is -2.88. The summed E-state index contributed by atoms with van der Waals surface area (Å²) in [6, 6.07) is 16.7. The minimum absolute atomic E-state index is 0.217. The average Bonchev–Trinajstić information content (AvgIpc) is 2.74. The summed E-state index contributed by atoms with van der Waals surface area (Å²) in [6.45, 7) is 6.33. The van der Waals surface area contributed by atoms with E-state index in [4.69, 9.17) is 14.7 Å². The number of carbonyl (C=O) groups is 1. The lowest BCUT2D eigenvalue weighted by molar-refractivity contribution is -0.122. The van der Waals surface area contributed by atoms with E-state index in [9.17, 15) is 4.79 Å². The van der Waals surface area contributed by atoms with Gasteiger partial charge in [-0.1, -0.05) is 12.1 Å². The molecule has 1 unspecified atom stereocenters. The highest BCUT2D eigenvalue weighted by molar-refractivity contribution is 5.94. The first-order chi connectivity index (χ1) is 13.6. The van der Waals surface area contributed by atoms with E-state index in [1.54, 1.807) is 31.2 Å². The molecule has 0 aliphatic carbocycles. The maximum atomic E-state index is 12.4. The lowest BCUT2D eigenvalue weighted by atomic mass is 10.1. The number of morpholine rings is 1. The van der Waals surface area contributed by atoms with Crippen LogP contribution in [0.5, 0.6) is 5.75 Å². The zero-order valence-corrected chi connectivity index (χ0v) is 16.1. The highest BCUT2D eigenvalue weighted by Crippen LogP contribution is 2.15. The third kappa shape index (κ3) is 5.81. The van der Waals surface area contributed by atoms with Crippen molar-refractivity contribution in [3.63, 3.8) is 0 Å². The predicted octanol–water partition coefficient (Wildman–Crippen LogP) is 2.84. The van der Waals surface area contributed by atoms with Crippen LogP contribution in [0.2, 0.25) is 0 Å². The fraction of sp³-hybridized carbons (Fsp3) is 0.364. The number of anilines is 1. The van der Waals surface area contributed by atoms with E-state index in [1.807, 2.05) is 24.3 Å². The van der Waals surface area contributed by atoms with Crippen LogP contribution in [0, 0.1) is 11.3 Å². The van der Waals surface area contributed by atoms with Crippen molar-refractivity contribution in [2.45, 2.75) is 19.4 Å². The number of ether oxygens (including phenoxy) is 2. The van der Waals surface area contributed by atoms with Crippen LogP contribution in [-0.4, -0.2) is 49.8 Å². The molecule has 1 amide bonds. The van der Waals surface area contributed by atoms with Crippen LogP contribution in [0.4, 0.5) is 5.69 Å². The molecule has 0 spiro atoms. The van der Waals surface area contributed by atoms with Gasteiger partial charge < -0.3 is 14.8 Å². The number of benzene rings is 2. The monoisotopic (exact) mass is 379 g/mol. The third-order valence-electron chi connectivity index (χ3n) is 4.71. The van der Waals surface area contributed by atoms with Gasteiger partial charge in [-0.05, 0) is 55.3 Å². The van der Waals surface area contributed by atoms with E-state index in [0.29, 0.717) is 11.3 Å².